The highest BCUT2D eigenvalue weighted by Crippen LogP contribution is 2.40. The van der Waals surface area contributed by atoms with Gasteiger partial charge in [-0.05, 0) is 37.0 Å². The van der Waals surface area contributed by atoms with E-state index in [1.165, 1.54) is 12.1 Å². The number of hydrogen-bond acceptors (Lipinski definition) is 3. The molecule has 5 heteroatoms. The van der Waals surface area contributed by atoms with Gasteiger partial charge in [-0.25, -0.2) is 4.39 Å². The van der Waals surface area contributed by atoms with Crippen molar-refractivity contribution in [2.24, 2.45) is 10.9 Å². The van der Waals surface area contributed by atoms with E-state index >= 15 is 0 Å². The van der Waals surface area contributed by atoms with Gasteiger partial charge in [-0.2, -0.15) is 0 Å². The van der Waals surface area contributed by atoms with E-state index in [2.05, 4.69) is 0 Å². The standard InChI is InChI=1S/C15H16FNO2S/c16-11-4-1-9(2-5-11)7-14-17-12-6-3-10(15(18)19)8-13(12)20-14/h1-2,4-5,10,12-13H,3,6-8H2,(H,18,19). The van der Waals surface area contributed by atoms with Gasteiger partial charge >= 0.3 is 5.97 Å². The van der Waals surface area contributed by atoms with Crippen molar-refractivity contribution in [1.82, 2.24) is 0 Å². The second-order valence-electron chi connectivity index (χ2n) is 5.40. The van der Waals surface area contributed by atoms with Crippen LogP contribution < -0.4 is 0 Å². The molecule has 1 fully saturated rings. The zero-order valence-electron chi connectivity index (χ0n) is 11.0. The van der Waals surface area contributed by atoms with Crippen LogP contribution in [0.25, 0.3) is 0 Å². The number of thioether (sulfide) groups is 1. The van der Waals surface area contributed by atoms with Crippen molar-refractivity contribution in [3.05, 3.63) is 35.6 Å². The SMILES string of the molecule is O=C(O)C1CCC2N=C(Cc3ccc(F)cc3)SC2C1. The van der Waals surface area contributed by atoms with Crippen LogP contribution in [0.1, 0.15) is 24.8 Å². The highest BCUT2D eigenvalue weighted by atomic mass is 32.2. The van der Waals surface area contributed by atoms with Crippen LogP contribution in [-0.2, 0) is 11.2 Å². The average Bonchev–Trinajstić information content (AvgIpc) is 2.82. The maximum Gasteiger partial charge on any atom is 0.306 e. The van der Waals surface area contributed by atoms with Gasteiger partial charge in [-0.1, -0.05) is 12.1 Å². The molecular weight excluding hydrogens is 277 g/mol. The molecule has 3 rings (SSSR count). The smallest absolute Gasteiger partial charge is 0.306 e. The molecule has 106 valence electrons. The van der Waals surface area contributed by atoms with E-state index in [0.29, 0.717) is 11.7 Å². The Kier molecular flexibility index (Phi) is 3.78. The van der Waals surface area contributed by atoms with Crippen LogP contribution in [0.15, 0.2) is 29.3 Å². The summed E-state index contributed by atoms with van der Waals surface area (Å²) < 4.78 is 12.9. The lowest BCUT2D eigenvalue weighted by atomic mass is 9.86. The third-order valence-corrected chi connectivity index (χ3v) is 5.30. The number of halogens is 1. The molecule has 0 amide bonds. The van der Waals surface area contributed by atoms with Crippen LogP contribution in [0.4, 0.5) is 4.39 Å². The van der Waals surface area contributed by atoms with Gasteiger partial charge in [0, 0.05) is 11.7 Å². The maximum absolute atomic E-state index is 12.9. The van der Waals surface area contributed by atoms with E-state index in [-0.39, 0.29) is 17.8 Å². The van der Waals surface area contributed by atoms with Crippen molar-refractivity contribution in [2.45, 2.75) is 37.0 Å². The molecule has 20 heavy (non-hydrogen) atoms. The molecule has 0 radical (unpaired) electrons. The summed E-state index contributed by atoms with van der Waals surface area (Å²) in [6, 6.07) is 6.75. The first-order chi connectivity index (χ1) is 9.61. The average molecular weight is 293 g/mol. The lowest BCUT2D eigenvalue weighted by Gasteiger charge is -2.27. The van der Waals surface area contributed by atoms with Crippen molar-refractivity contribution in [2.75, 3.05) is 0 Å². The summed E-state index contributed by atoms with van der Waals surface area (Å²) in [6.45, 7) is 0. The van der Waals surface area contributed by atoms with Crippen molar-refractivity contribution in [3.63, 3.8) is 0 Å². The summed E-state index contributed by atoms with van der Waals surface area (Å²) in [6.07, 6.45) is 3.02. The van der Waals surface area contributed by atoms with E-state index in [1.54, 1.807) is 23.9 Å². The van der Waals surface area contributed by atoms with E-state index in [1.807, 2.05) is 0 Å². The Hall–Kier alpha value is -1.36. The molecule has 1 N–H and O–H groups in total. The molecule has 3 atom stereocenters. The van der Waals surface area contributed by atoms with Crippen LogP contribution in [0.3, 0.4) is 0 Å². The zero-order valence-corrected chi connectivity index (χ0v) is 11.8. The maximum atomic E-state index is 12.9. The molecule has 0 aromatic heterocycles. The fourth-order valence-corrected chi connectivity index (χ4v) is 4.34. The van der Waals surface area contributed by atoms with Crippen molar-refractivity contribution < 1.29 is 14.3 Å². The van der Waals surface area contributed by atoms with Crippen molar-refractivity contribution in [1.29, 1.82) is 0 Å². The zero-order chi connectivity index (χ0) is 14.1. The van der Waals surface area contributed by atoms with Gasteiger partial charge in [0.25, 0.3) is 0 Å². The Morgan fingerprint density at radius 3 is 2.80 bits per heavy atom. The molecule has 1 saturated carbocycles. The Balaban J connectivity index is 1.63. The molecule has 2 aliphatic rings. The number of nitrogens with zero attached hydrogens (tertiary/aromatic N) is 1. The van der Waals surface area contributed by atoms with Gasteiger partial charge in [0.1, 0.15) is 5.82 Å². The van der Waals surface area contributed by atoms with Gasteiger partial charge in [0.2, 0.25) is 0 Å². The Morgan fingerprint density at radius 2 is 2.10 bits per heavy atom. The van der Waals surface area contributed by atoms with Crippen LogP contribution in [-0.4, -0.2) is 27.4 Å². The first kappa shape index (κ1) is 13.6. The fraction of sp³-hybridized carbons (Fsp3) is 0.467. The largest absolute Gasteiger partial charge is 0.481 e. The van der Waals surface area contributed by atoms with Gasteiger partial charge in [0.15, 0.2) is 0 Å². The number of carboxylic acids is 1. The quantitative estimate of drug-likeness (QED) is 0.931. The summed E-state index contributed by atoms with van der Waals surface area (Å²) >= 11 is 1.71. The third-order valence-electron chi connectivity index (χ3n) is 3.97. The topological polar surface area (TPSA) is 49.7 Å². The van der Waals surface area contributed by atoms with E-state index in [9.17, 15) is 9.18 Å². The molecule has 0 bridgehead atoms. The van der Waals surface area contributed by atoms with Crippen LogP contribution in [0.5, 0.6) is 0 Å². The molecule has 1 aromatic carbocycles. The highest BCUT2D eigenvalue weighted by Gasteiger charge is 2.38. The molecule has 0 saturated heterocycles. The fourth-order valence-electron chi connectivity index (χ4n) is 2.87. The monoisotopic (exact) mass is 293 g/mol. The lowest BCUT2D eigenvalue weighted by Crippen LogP contribution is -2.31. The van der Waals surface area contributed by atoms with Crippen LogP contribution in [0, 0.1) is 11.7 Å². The van der Waals surface area contributed by atoms with Crippen LogP contribution >= 0.6 is 11.8 Å². The Bertz CT molecular complexity index is 543. The highest BCUT2D eigenvalue weighted by molar-refractivity contribution is 8.14. The molecule has 0 spiro atoms. The first-order valence-electron chi connectivity index (χ1n) is 6.82. The van der Waals surface area contributed by atoms with Gasteiger partial charge in [-0.3, -0.25) is 9.79 Å². The van der Waals surface area contributed by atoms with E-state index in [4.69, 9.17) is 10.1 Å². The molecule has 1 aliphatic heterocycles. The first-order valence-corrected chi connectivity index (χ1v) is 7.70. The number of carbonyl (C=O) groups is 1. The minimum atomic E-state index is -0.684. The number of aliphatic imine (C=N–C) groups is 1. The van der Waals surface area contributed by atoms with Crippen molar-refractivity contribution >= 4 is 22.8 Å². The van der Waals surface area contributed by atoms with E-state index in [0.717, 1.165) is 29.9 Å². The molecular formula is C15H16FNO2S. The van der Waals surface area contributed by atoms with E-state index < -0.39 is 5.97 Å². The number of benzene rings is 1. The van der Waals surface area contributed by atoms with Gasteiger partial charge in [0.05, 0.1) is 17.0 Å². The predicted octanol–water partition coefficient (Wildman–Crippen LogP) is 3.14. The normalized spacial score (nSPS) is 28.9. The molecule has 1 heterocycles. The van der Waals surface area contributed by atoms with Crippen molar-refractivity contribution in [3.8, 4) is 0 Å². The molecule has 3 unspecified atom stereocenters. The predicted molar refractivity (Wildman–Crippen MR) is 77.7 cm³/mol. The number of carboxylic acid groups (broad SMARTS) is 1. The summed E-state index contributed by atoms with van der Waals surface area (Å²) in [5, 5.41) is 10.5. The Morgan fingerprint density at radius 1 is 1.35 bits per heavy atom. The lowest BCUT2D eigenvalue weighted by molar-refractivity contribution is -0.142. The number of aliphatic carboxylic acids is 1. The second kappa shape index (κ2) is 5.56. The van der Waals surface area contributed by atoms with Gasteiger partial charge < -0.3 is 5.11 Å². The molecule has 1 aliphatic carbocycles. The van der Waals surface area contributed by atoms with Gasteiger partial charge in [-0.15, -0.1) is 11.8 Å². The summed E-state index contributed by atoms with van der Waals surface area (Å²) in [5.41, 5.74) is 1.05. The summed E-state index contributed by atoms with van der Waals surface area (Å²) in [7, 11) is 0. The summed E-state index contributed by atoms with van der Waals surface area (Å²) in [5.74, 6) is -1.13. The minimum Gasteiger partial charge on any atom is -0.481 e. The minimum absolute atomic E-state index is 0.218. The van der Waals surface area contributed by atoms with Crippen LogP contribution in [0.2, 0.25) is 0 Å². The third kappa shape index (κ3) is 2.87. The molecule has 3 nitrogen and oxygen atoms in total. The Labute approximate surface area is 121 Å². The molecule has 1 aromatic rings. The number of fused-ring (bicyclic) bond motifs is 1. The summed E-state index contributed by atoms with van der Waals surface area (Å²) in [4.78, 5) is 15.8. The number of rotatable bonds is 3. The second-order valence-corrected chi connectivity index (χ2v) is 6.71. The number of hydrogen-bond donors (Lipinski definition) is 1.